The number of carbonyl (C=O) groups is 1. The maximum atomic E-state index is 11.4. The summed E-state index contributed by atoms with van der Waals surface area (Å²) in [5.41, 5.74) is 6.27. The van der Waals surface area contributed by atoms with E-state index in [2.05, 4.69) is 15.5 Å². The fourth-order valence-corrected chi connectivity index (χ4v) is 0.848. The summed E-state index contributed by atoms with van der Waals surface area (Å²) in [6, 6.07) is -0.477. The first-order valence-corrected chi connectivity index (χ1v) is 4.16. The van der Waals surface area contributed by atoms with E-state index in [1.54, 1.807) is 6.20 Å². The van der Waals surface area contributed by atoms with Gasteiger partial charge in [0.15, 0.2) is 0 Å². The zero-order chi connectivity index (χ0) is 9.84. The molecule has 13 heavy (non-hydrogen) atoms. The van der Waals surface area contributed by atoms with Gasteiger partial charge in [-0.05, 0) is 5.92 Å². The van der Waals surface area contributed by atoms with Gasteiger partial charge in [-0.3, -0.25) is 9.89 Å². The first-order chi connectivity index (χ1) is 6.11. The van der Waals surface area contributed by atoms with Crippen molar-refractivity contribution in [3.05, 3.63) is 12.4 Å². The third kappa shape index (κ3) is 2.55. The van der Waals surface area contributed by atoms with Crippen molar-refractivity contribution in [2.75, 3.05) is 5.32 Å². The topological polar surface area (TPSA) is 83.8 Å². The monoisotopic (exact) mass is 182 g/mol. The van der Waals surface area contributed by atoms with Crippen molar-refractivity contribution < 1.29 is 4.79 Å². The SMILES string of the molecule is CC(C)[C@H](N)C(=O)Nc1cn[nH]c1. The lowest BCUT2D eigenvalue weighted by Crippen LogP contribution is -2.39. The maximum absolute atomic E-state index is 11.4. The number of nitrogens with one attached hydrogen (secondary N) is 2. The summed E-state index contributed by atoms with van der Waals surface area (Å²) in [7, 11) is 0. The Kier molecular flexibility index (Phi) is 3.02. The van der Waals surface area contributed by atoms with Gasteiger partial charge in [0, 0.05) is 6.20 Å². The van der Waals surface area contributed by atoms with E-state index in [1.165, 1.54) is 6.20 Å². The highest BCUT2D eigenvalue weighted by atomic mass is 16.2. The molecule has 72 valence electrons. The van der Waals surface area contributed by atoms with Crippen LogP contribution in [-0.4, -0.2) is 22.1 Å². The summed E-state index contributed by atoms with van der Waals surface area (Å²) in [6.45, 7) is 3.80. The van der Waals surface area contributed by atoms with Crippen LogP contribution >= 0.6 is 0 Å². The second-order valence-corrected chi connectivity index (χ2v) is 3.25. The molecule has 5 heteroatoms. The first kappa shape index (κ1) is 9.73. The average molecular weight is 182 g/mol. The van der Waals surface area contributed by atoms with Crippen LogP contribution in [0.3, 0.4) is 0 Å². The molecule has 1 aromatic rings. The predicted molar refractivity (Wildman–Crippen MR) is 50.0 cm³/mol. The van der Waals surface area contributed by atoms with Gasteiger partial charge in [-0.2, -0.15) is 5.10 Å². The molecule has 0 aliphatic heterocycles. The van der Waals surface area contributed by atoms with Crippen molar-refractivity contribution in [1.29, 1.82) is 0 Å². The Balaban J connectivity index is 2.51. The Morgan fingerprint density at radius 2 is 2.38 bits per heavy atom. The minimum absolute atomic E-state index is 0.131. The van der Waals surface area contributed by atoms with Gasteiger partial charge in [-0.25, -0.2) is 0 Å². The molecule has 0 fully saturated rings. The molecule has 1 amide bonds. The fourth-order valence-electron chi connectivity index (χ4n) is 0.848. The summed E-state index contributed by atoms with van der Waals surface area (Å²) in [5.74, 6) is -0.0525. The molecule has 1 heterocycles. The standard InChI is InChI=1S/C8H14N4O/c1-5(2)7(9)8(13)12-6-3-10-11-4-6/h3-5,7H,9H2,1-2H3,(H,10,11)(H,12,13)/t7-/m0/s1. The molecule has 0 saturated heterocycles. The molecule has 0 radical (unpaired) electrons. The van der Waals surface area contributed by atoms with E-state index < -0.39 is 6.04 Å². The third-order valence-electron chi connectivity index (χ3n) is 1.79. The van der Waals surface area contributed by atoms with Crippen molar-refractivity contribution in [2.45, 2.75) is 19.9 Å². The van der Waals surface area contributed by atoms with Crippen LogP contribution in [0.2, 0.25) is 0 Å². The Bertz CT molecular complexity index is 268. The van der Waals surface area contributed by atoms with E-state index in [1.807, 2.05) is 13.8 Å². The van der Waals surface area contributed by atoms with Crippen molar-refractivity contribution in [3.63, 3.8) is 0 Å². The van der Waals surface area contributed by atoms with Crippen LogP contribution in [0.5, 0.6) is 0 Å². The van der Waals surface area contributed by atoms with Gasteiger partial charge in [0.1, 0.15) is 0 Å². The lowest BCUT2D eigenvalue weighted by atomic mass is 10.1. The zero-order valence-electron chi connectivity index (χ0n) is 7.74. The van der Waals surface area contributed by atoms with Crippen molar-refractivity contribution >= 4 is 11.6 Å². The van der Waals surface area contributed by atoms with Crippen molar-refractivity contribution in [2.24, 2.45) is 11.7 Å². The number of hydrogen-bond donors (Lipinski definition) is 3. The number of aromatic nitrogens is 2. The van der Waals surface area contributed by atoms with Gasteiger partial charge in [0.25, 0.3) is 0 Å². The second-order valence-electron chi connectivity index (χ2n) is 3.25. The summed E-state index contributed by atoms with van der Waals surface area (Å²) in [6.07, 6.45) is 3.13. The molecule has 1 rings (SSSR count). The fraction of sp³-hybridized carbons (Fsp3) is 0.500. The predicted octanol–water partition coefficient (Wildman–Crippen LogP) is 0.331. The molecule has 0 unspecified atom stereocenters. The van der Waals surface area contributed by atoms with E-state index in [9.17, 15) is 4.79 Å². The van der Waals surface area contributed by atoms with Crippen LogP contribution in [0.25, 0.3) is 0 Å². The molecule has 0 spiro atoms. The highest BCUT2D eigenvalue weighted by Crippen LogP contribution is 2.05. The number of amides is 1. The minimum atomic E-state index is -0.477. The molecular weight excluding hydrogens is 168 g/mol. The molecule has 0 aliphatic carbocycles. The van der Waals surface area contributed by atoms with E-state index >= 15 is 0 Å². The van der Waals surface area contributed by atoms with Crippen LogP contribution in [0.1, 0.15) is 13.8 Å². The molecule has 5 nitrogen and oxygen atoms in total. The van der Waals surface area contributed by atoms with Crippen LogP contribution in [-0.2, 0) is 4.79 Å². The Morgan fingerprint density at radius 3 is 2.85 bits per heavy atom. The lowest BCUT2D eigenvalue weighted by molar-refractivity contribution is -0.118. The third-order valence-corrected chi connectivity index (χ3v) is 1.79. The van der Waals surface area contributed by atoms with Gasteiger partial charge in [0.2, 0.25) is 5.91 Å². The van der Waals surface area contributed by atoms with Crippen molar-refractivity contribution in [1.82, 2.24) is 10.2 Å². The number of H-pyrrole nitrogens is 1. The van der Waals surface area contributed by atoms with E-state index in [0.29, 0.717) is 5.69 Å². The highest BCUT2D eigenvalue weighted by molar-refractivity contribution is 5.94. The van der Waals surface area contributed by atoms with Crippen LogP contribution in [0.15, 0.2) is 12.4 Å². The molecule has 0 aromatic carbocycles. The van der Waals surface area contributed by atoms with Crippen LogP contribution in [0.4, 0.5) is 5.69 Å². The van der Waals surface area contributed by atoms with E-state index in [-0.39, 0.29) is 11.8 Å². The number of nitrogens with zero attached hydrogens (tertiary/aromatic N) is 1. The van der Waals surface area contributed by atoms with E-state index in [0.717, 1.165) is 0 Å². The van der Waals surface area contributed by atoms with Gasteiger partial charge in [-0.15, -0.1) is 0 Å². The van der Waals surface area contributed by atoms with Gasteiger partial charge in [-0.1, -0.05) is 13.8 Å². The number of nitrogens with two attached hydrogens (primary N) is 1. The minimum Gasteiger partial charge on any atom is -0.322 e. The summed E-state index contributed by atoms with van der Waals surface area (Å²) in [4.78, 5) is 11.4. The van der Waals surface area contributed by atoms with Gasteiger partial charge < -0.3 is 11.1 Å². The quantitative estimate of drug-likeness (QED) is 0.630. The smallest absolute Gasteiger partial charge is 0.241 e. The lowest BCUT2D eigenvalue weighted by Gasteiger charge is -2.13. The summed E-state index contributed by atoms with van der Waals surface area (Å²) in [5, 5.41) is 8.94. The molecule has 1 aromatic heterocycles. The summed E-state index contributed by atoms with van der Waals surface area (Å²) >= 11 is 0. The highest BCUT2D eigenvalue weighted by Gasteiger charge is 2.17. The zero-order valence-corrected chi connectivity index (χ0v) is 7.74. The van der Waals surface area contributed by atoms with Crippen molar-refractivity contribution in [3.8, 4) is 0 Å². The second kappa shape index (κ2) is 4.04. The molecular formula is C8H14N4O. The largest absolute Gasteiger partial charge is 0.322 e. The normalized spacial score (nSPS) is 12.9. The molecule has 0 bridgehead atoms. The Labute approximate surface area is 76.7 Å². The Hall–Kier alpha value is -1.36. The average Bonchev–Trinajstić information content (AvgIpc) is 2.55. The van der Waals surface area contributed by atoms with E-state index in [4.69, 9.17) is 5.73 Å². The van der Waals surface area contributed by atoms with Crippen LogP contribution in [0, 0.1) is 5.92 Å². The first-order valence-electron chi connectivity index (χ1n) is 4.16. The Morgan fingerprint density at radius 1 is 1.69 bits per heavy atom. The molecule has 0 saturated carbocycles. The van der Waals surface area contributed by atoms with Gasteiger partial charge in [0.05, 0.1) is 17.9 Å². The number of carbonyl (C=O) groups excluding carboxylic acids is 1. The molecule has 1 atom stereocenters. The molecule has 0 aliphatic rings. The number of rotatable bonds is 3. The van der Waals surface area contributed by atoms with Crippen LogP contribution < -0.4 is 11.1 Å². The number of aromatic amines is 1. The van der Waals surface area contributed by atoms with Gasteiger partial charge >= 0.3 is 0 Å². The number of hydrogen-bond acceptors (Lipinski definition) is 3. The maximum Gasteiger partial charge on any atom is 0.241 e. The number of anilines is 1. The molecule has 4 N–H and O–H groups in total. The summed E-state index contributed by atoms with van der Waals surface area (Å²) < 4.78 is 0.